The molecule has 174 valence electrons. The Morgan fingerprint density at radius 1 is 1.12 bits per heavy atom. The van der Waals surface area contributed by atoms with Crippen LogP contribution >= 0.6 is 54.5 Å². The van der Waals surface area contributed by atoms with Gasteiger partial charge in [0.05, 0.1) is 8.66 Å². The first-order valence-electron chi connectivity index (χ1n) is 10.1. The van der Waals surface area contributed by atoms with Crippen molar-refractivity contribution in [3.05, 3.63) is 66.1 Å². The van der Waals surface area contributed by atoms with Crippen LogP contribution in [-0.2, 0) is 0 Å². The minimum atomic E-state index is -0.125. The van der Waals surface area contributed by atoms with E-state index >= 15 is 0 Å². The standard InChI is InChI=1S/C15H11Br2N3OS2.C4H6.C3H8.CH5N/c1-7-2-4-8(5-3-7)19-15-20-14(18)13(23-15)11(21)12-9(16)6-10(17)22-12;1-4-2-3-4;1-3-2;1-2/h2-6H,18H2,1H3,(H,19,20);1-3H2;3H2,1-2H3;2H2,1H3. The van der Waals surface area contributed by atoms with E-state index in [-0.39, 0.29) is 11.6 Å². The lowest BCUT2D eigenvalue weighted by molar-refractivity contribution is 0.104. The highest BCUT2D eigenvalue weighted by Crippen LogP contribution is 2.36. The summed E-state index contributed by atoms with van der Waals surface area (Å²) >= 11 is 9.39. The van der Waals surface area contributed by atoms with Crippen molar-refractivity contribution in [1.82, 2.24) is 4.98 Å². The zero-order valence-electron chi connectivity index (χ0n) is 18.8. The fourth-order valence-electron chi connectivity index (χ4n) is 2.00. The van der Waals surface area contributed by atoms with Crippen LogP contribution in [0.3, 0.4) is 0 Å². The van der Waals surface area contributed by atoms with Gasteiger partial charge in [-0.15, -0.1) is 11.3 Å². The van der Waals surface area contributed by atoms with E-state index in [1.165, 1.54) is 60.1 Å². The molecule has 1 aliphatic carbocycles. The Balaban J connectivity index is 0.000000484. The molecule has 1 aromatic carbocycles. The van der Waals surface area contributed by atoms with Crippen molar-refractivity contribution < 1.29 is 4.79 Å². The van der Waals surface area contributed by atoms with Crippen LogP contribution in [0.1, 0.15) is 53.2 Å². The van der Waals surface area contributed by atoms with Gasteiger partial charge in [-0.1, -0.05) is 61.5 Å². The number of halogens is 2. The number of nitrogen functional groups attached to an aromatic ring is 1. The molecule has 0 bridgehead atoms. The van der Waals surface area contributed by atoms with E-state index in [1.54, 1.807) is 0 Å². The van der Waals surface area contributed by atoms with Gasteiger partial charge in [0.2, 0.25) is 5.78 Å². The number of nitrogens with one attached hydrogen (secondary N) is 1. The molecular formula is C23H30Br2N4OS2. The molecule has 0 atom stereocenters. The van der Waals surface area contributed by atoms with E-state index in [4.69, 9.17) is 5.73 Å². The van der Waals surface area contributed by atoms with Gasteiger partial charge in [0.25, 0.3) is 0 Å². The van der Waals surface area contributed by atoms with E-state index in [2.05, 4.69) is 68.3 Å². The monoisotopic (exact) mass is 600 g/mol. The molecule has 0 radical (unpaired) electrons. The third-order valence-corrected chi connectivity index (χ3v) is 7.14. The van der Waals surface area contributed by atoms with Crippen LogP contribution in [0.5, 0.6) is 0 Å². The number of hydrogen-bond acceptors (Lipinski definition) is 7. The van der Waals surface area contributed by atoms with Crippen LogP contribution in [0.2, 0.25) is 0 Å². The highest BCUT2D eigenvalue weighted by molar-refractivity contribution is 9.11. The third kappa shape index (κ3) is 9.54. The van der Waals surface area contributed by atoms with Gasteiger partial charge in [-0.05, 0) is 76.9 Å². The lowest BCUT2D eigenvalue weighted by Gasteiger charge is -2.01. The molecule has 2 aromatic heterocycles. The molecule has 1 saturated carbocycles. The molecule has 5 N–H and O–H groups in total. The number of rotatable bonds is 4. The molecule has 3 aromatic rings. The molecular weight excluding hydrogens is 572 g/mol. The SMILES string of the molecule is C=C1CC1.CCC.CN.Cc1ccc(Nc2nc(N)c(C(=O)c3sc(Br)cc3Br)s2)cc1. The smallest absolute Gasteiger partial charge is 0.217 e. The number of nitrogens with zero attached hydrogens (tertiary/aromatic N) is 1. The number of carbonyl (C=O) groups excluding carboxylic acids is 1. The third-order valence-electron chi connectivity index (χ3n) is 3.63. The topological polar surface area (TPSA) is 94.0 Å². The first kappa shape index (κ1) is 28.5. The number of allylic oxidation sites excluding steroid dienone is 1. The maximum atomic E-state index is 12.6. The van der Waals surface area contributed by atoms with E-state index in [0.29, 0.717) is 14.9 Å². The molecule has 0 amide bonds. The number of nitrogens with two attached hydrogens (primary N) is 2. The maximum absolute atomic E-state index is 12.6. The van der Waals surface area contributed by atoms with Crippen LogP contribution in [0.4, 0.5) is 16.6 Å². The summed E-state index contributed by atoms with van der Waals surface area (Å²) in [5.74, 6) is 0.116. The van der Waals surface area contributed by atoms with Crippen molar-refractivity contribution in [2.45, 2.75) is 40.0 Å². The van der Waals surface area contributed by atoms with Crippen molar-refractivity contribution in [1.29, 1.82) is 0 Å². The molecule has 1 aliphatic rings. The summed E-state index contributed by atoms with van der Waals surface area (Å²) in [5.41, 5.74) is 13.9. The van der Waals surface area contributed by atoms with Crippen LogP contribution in [0.25, 0.3) is 0 Å². The Morgan fingerprint density at radius 3 is 2.09 bits per heavy atom. The Hall–Kier alpha value is -1.52. The average Bonchev–Trinajstić information content (AvgIpc) is 3.34. The Labute approximate surface area is 215 Å². The van der Waals surface area contributed by atoms with Gasteiger partial charge in [0.1, 0.15) is 10.7 Å². The van der Waals surface area contributed by atoms with Crippen LogP contribution in [0, 0.1) is 6.92 Å². The maximum Gasteiger partial charge on any atom is 0.217 e. The van der Waals surface area contributed by atoms with Gasteiger partial charge in [0, 0.05) is 10.2 Å². The second kappa shape index (κ2) is 14.6. The Kier molecular flexibility index (Phi) is 13.0. The molecule has 4 rings (SSSR count). The number of aryl methyl sites for hydroxylation is 1. The highest BCUT2D eigenvalue weighted by Gasteiger charge is 2.22. The molecule has 1 fully saturated rings. The van der Waals surface area contributed by atoms with Crippen molar-refractivity contribution in [3.63, 3.8) is 0 Å². The predicted octanol–water partition coefficient (Wildman–Crippen LogP) is 7.92. The molecule has 0 saturated heterocycles. The average molecular weight is 602 g/mol. The van der Waals surface area contributed by atoms with E-state index < -0.39 is 0 Å². The van der Waals surface area contributed by atoms with Gasteiger partial charge in [0.15, 0.2) is 5.13 Å². The minimum Gasteiger partial charge on any atom is -0.382 e. The molecule has 32 heavy (non-hydrogen) atoms. The van der Waals surface area contributed by atoms with Crippen LogP contribution in [-0.4, -0.2) is 17.8 Å². The highest BCUT2D eigenvalue weighted by atomic mass is 79.9. The number of carbonyl (C=O) groups is 1. The number of hydrogen-bond donors (Lipinski definition) is 3. The van der Waals surface area contributed by atoms with Gasteiger partial charge >= 0.3 is 0 Å². The number of thiophene rings is 1. The first-order valence-corrected chi connectivity index (χ1v) is 13.3. The summed E-state index contributed by atoms with van der Waals surface area (Å²) in [7, 11) is 1.50. The quantitative estimate of drug-likeness (QED) is 0.208. The lowest BCUT2D eigenvalue weighted by atomic mass is 10.2. The summed E-state index contributed by atoms with van der Waals surface area (Å²) in [5, 5.41) is 3.77. The number of thiazole rings is 1. The first-order chi connectivity index (χ1) is 15.2. The van der Waals surface area contributed by atoms with Crippen molar-refractivity contribution in [2.75, 3.05) is 18.1 Å². The predicted molar refractivity (Wildman–Crippen MR) is 149 cm³/mol. The van der Waals surface area contributed by atoms with Gasteiger partial charge < -0.3 is 16.8 Å². The zero-order valence-corrected chi connectivity index (χ0v) is 23.6. The largest absolute Gasteiger partial charge is 0.382 e. The van der Waals surface area contributed by atoms with Gasteiger partial charge in [-0.3, -0.25) is 4.79 Å². The number of aromatic nitrogens is 1. The molecule has 5 nitrogen and oxygen atoms in total. The van der Waals surface area contributed by atoms with Crippen molar-refractivity contribution >= 4 is 77.0 Å². The molecule has 0 aliphatic heterocycles. The minimum absolute atomic E-state index is 0.125. The zero-order chi connectivity index (χ0) is 24.3. The summed E-state index contributed by atoms with van der Waals surface area (Å²) in [4.78, 5) is 17.9. The summed E-state index contributed by atoms with van der Waals surface area (Å²) < 4.78 is 1.63. The van der Waals surface area contributed by atoms with E-state index in [1.807, 2.05) is 37.3 Å². The van der Waals surface area contributed by atoms with Crippen LogP contribution < -0.4 is 16.8 Å². The lowest BCUT2D eigenvalue weighted by Crippen LogP contribution is -2.00. The van der Waals surface area contributed by atoms with Gasteiger partial charge in [-0.2, -0.15) is 0 Å². The summed E-state index contributed by atoms with van der Waals surface area (Å²) in [6.45, 7) is 9.94. The second-order valence-corrected chi connectivity index (χ2v) is 11.0. The molecule has 0 spiro atoms. The van der Waals surface area contributed by atoms with Gasteiger partial charge in [-0.25, -0.2) is 4.98 Å². The fourth-order valence-corrected chi connectivity index (χ4v) is 5.46. The number of ketones is 1. The fraction of sp³-hybridized carbons (Fsp3) is 0.304. The Morgan fingerprint density at radius 2 is 1.66 bits per heavy atom. The van der Waals surface area contributed by atoms with E-state index in [9.17, 15) is 4.79 Å². The summed E-state index contributed by atoms with van der Waals surface area (Å²) in [6, 6.07) is 9.78. The normalized spacial score (nSPS) is 11.2. The van der Waals surface area contributed by atoms with Crippen LogP contribution in [0.15, 0.2) is 50.7 Å². The van der Waals surface area contributed by atoms with E-state index in [0.717, 1.165) is 13.9 Å². The second-order valence-electron chi connectivity index (χ2n) is 6.74. The van der Waals surface area contributed by atoms with Crippen molar-refractivity contribution in [3.8, 4) is 0 Å². The Bertz CT molecular complexity index is 1010. The molecule has 0 unspecified atom stereocenters. The molecule has 2 heterocycles. The number of benzene rings is 1. The summed E-state index contributed by atoms with van der Waals surface area (Å²) in [6.07, 6.45) is 3.83. The number of anilines is 3. The van der Waals surface area contributed by atoms with Crippen molar-refractivity contribution in [2.24, 2.45) is 5.73 Å². The molecule has 9 heteroatoms.